The number of carbonyl (C=O) groups is 1. The lowest BCUT2D eigenvalue weighted by Crippen LogP contribution is -2.31. The van der Waals surface area contributed by atoms with E-state index in [9.17, 15) is 4.79 Å². The average Bonchev–Trinajstić information content (AvgIpc) is 2.60. The van der Waals surface area contributed by atoms with Gasteiger partial charge in [0.25, 0.3) is 0 Å². The Kier molecular flexibility index (Phi) is 2.96. The highest BCUT2D eigenvalue weighted by Crippen LogP contribution is 2.33. The van der Waals surface area contributed by atoms with Crippen LogP contribution in [0.15, 0.2) is 0 Å². The standard InChI is InChI=1S/C10H19NO2/c1-10(2,3)13-9(12)6-8(11)7-4-5-7/h7-8H,4-6,11H2,1-3H3. The summed E-state index contributed by atoms with van der Waals surface area (Å²) >= 11 is 0. The highest BCUT2D eigenvalue weighted by Gasteiger charge is 2.31. The number of hydrogen-bond acceptors (Lipinski definition) is 3. The lowest BCUT2D eigenvalue weighted by molar-refractivity contribution is -0.155. The molecule has 1 unspecified atom stereocenters. The molecule has 0 heterocycles. The average molecular weight is 185 g/mol. The van der Waals surface area contributed by atoms with Crippen molar-refractivity contribution >= 4 is 5.97 Å². The highest BCUT2D eigenvalue weighted by atomic mass is 16.6. The molecule has 3 heteroatoms. The maximum atomic E-state index is 11.3. The van der Waals surface area contributed by atoms with Crippen molar-refractivity contribution in [3.05, 3.63) is 0 Å². The Bertz CT molecular complexity index is 192. The Labute approximate surface area is 79.6 Å². The van der Waals surface area contributed by atoms with Crippen LogP contribution in [-0.2, 0) is 9.53 Å². The molecule has 1 aliphatic carbocycles. The van der Waals surface area contributed by atoms with Gasteiger partial charge in [-0.2, -0.15) is 0 Å². The van der Waals surface area contributed by atoms with Crippen molar-refractivity contribution in [2.24, 2.45) is 11.7 Å². The third kappa shape index (κ3) is 4.27. The molecule has 0 aromatic rings. The summed E-state index contributed by atoms with van der Waals surface area (Å²) in [7, 11) is 0. The van der Waals surface area contributed by atoms with E-state index in [-0.39, 0.29) is 17.6 Å². The van der Waals surface area contributed by atoms with Gasteiger partial charge < -0.3 is 10.5 Å². The van der Waals surface area contributed by atoms with Crippen LogP contribution >= 0.6 is 0 Å². The predicted octanol–water partition coefficient (Wildman–Crippen LogP) is 1.46. The summed E-state index contributed by atoms with van der Waals surface area (Å²) in [4.78, 5) is 11.3. The zero-order valence-corrected chi connectivity index (χ0v) is 8.67. The van der Waals surface area contributed by atoms with Gasteiger partial charge in [0.05, 0.1) is 6.42 Å². The fraction of sp³-hybridized carbons (Fsp3) is 0.900. The Hall–Kier alpha value is -0.570. The van der Waals surface area contributed by atoms with Crippen LogP contribution in [0.1, 0.15) is 40.0 Å². The smallest absolute Gasteiger partial charge is 0.307 e. The first-order valence-corrected chi connectivity index (χ1v) is 4.86. The van der Waals surface area contributed by atoms with Crippen LogP contribution < -0.4 is 5.73 Å². The Balaban J connectivity index is 2.24. The van der Waals surface area contributed by atoms with Gasteiger partial charge in [-0.25, -0.2) is 0 Å². The van der Waals surface area contributed by atoms with E-state index in [1.165, 1.54) is 12.8 Å². The number of esters is 1. The minimum absolute atomic E-state index is 0.00912. The molecule has 1 aliphatic rings. The second-order valence-electron chi connectivity index (χ2n) is 4.79. The quantitative estimate of drug-likeness (QED) is 0.677. The van der Waals surface area contributed by atoms with E-state index in [1.54, 1.807) is 0 Å². The number of carbonyl (C=O) groups excluding carboxylic acids is 1. The molecule has 0 aromatic carbocycles. The first-order chi connectivity index (χ1) is 5.88. The molecule has 0 radical (unpaired) electrons. The normalized spacial score (nSPS) is 19.7. The minimum Gasteiger partial charge on any atom is -0.460 e. The largest absolute Gasteiger partial charge is 0.460 e. The lowest BCUT2D eigenvalue weighted by Gasteiger charge is -2.20. The van der Waals surface area contributed by atoms with Crippen LogP contribution in [0.4, 0.5) is 0 Å². The molecule has 13 heavy (non-hydrogen) atoms. The van der Waals surface area contributed by atoms with Gasteiger partial charge >= 0.3 is 5.97 Å². The molecule has 1 atom stereocenters. The summed E-state index contributed by atoms with van der Waals surface area (Å²) in [5, 5.41) is 0. The van der Waals surface area contributed by atoms with Crippen molar-refractivity contribution < 1.29 is 9.53 Å². The topological polar surface area (TPSA) is 52.3 Å². The molecule has 0 spiro atoms. The van der Waals surface area contributed by atoms with E-state index < -0.39 is 0 Å². The van der Waals surface area contributed by atoms with Crippen LogP contribution in [0.2, 0.25) is 0 Å². The van der Waals surface area contributed by atoms with Crippen molar-refractivity contribution in [1.29, 1.82) is 0 Å². The summed E-state index contributed by atoms with van der Waals surface area (Å²) in [5.41, 5.74) is 5.41. The zero-order valence-electron chi connectivity index (χ0n) is 8.67. The van der Waals surface area contributed by atoms with Gasteiger partial charge in [0, 0.05) is 6.04 Å². The predicted molar refractivity (Wildman–Crippen MR) is 51.2 cm³/mol. The Morgan fingerprint density at radius 3 is 2.46 bits per heavy atom. The fourth-order valence-electron chi connectivity index (χ4n) is 1.27. The third-order valence-electron chi connectivity index (χ3n) is 2.05. The van der Waals surface area contributed by atoms with Gasteiger partial charge in [-0.05, 0) is 39.5 Å². The van der Waals surface area contributed by atoms with Crippen LogP contribution in [0.5, 0.6) is 0 Å². The molecule has 0 amide bonds. The molecule has 1 fully saturated rings. The monoisotopic (exact) mass is 185 g/mol. The van der Waals surface area contributed by atoms with E-state index in [1.807, 2.05) is 20.8 Å². The summed E-state index contributed by atoms with van der Waals surface area (Å²) in [6.07, 6.45) is 2.70. The Morgan fingerprint density at radius 1 is 1.54 bits per heavy atom. The van der Waals surface area contributed by atoms with Gasteiger partial charge in [-0.15, -0.1) is 0 Å². The summed E-state index contributed by atoms with van der Waals surface area (Å²) in [5.74, 6) is 0.388. The Morgan fingerprint density at radius 2 is 2.08 bits per heavy atom. The molecule has 0 saturated heterocycles. The molecule has 0 aromatic heterocycles. The van der Waals surface area contributed by atoms with Crippen molar-refractivity contribution in [3.8, 4) is 0 Å². The molecule has 0 aliphatic heterocycles. The summed E-state index contributed by atoms with van der Waals surface area (Å²) < 4.78 is 5.17. The number of ether oxygens (including phenoxy) is 1. The van der Waals surface area contributed by atoms with Gasteiger partial charge in [0.2, 0.25) is 0 Å². The maximum absolute atomic E-state index is 11.3. The maximum Gasteiger partial charge on any atom is 0.307 e. The van der Waals surface area contributed by atoms with E-state index in [4.69, 9.17) is 10.5 Å². The van der Waals surface area contributed by atoms with Crippen LogP contribution in [0, 0.1) is 5.92 Å². The second kappa shape index (κ2) is 3.66. The number of nitrogens with two attached hydrogens (primary N) is 1. The SMILES string of the molecule is CC(C)(C)OC(=O)CC(N)C1CC1. The molecule has 1 saturated carbocycles. The molecule has 1 rings (SSSR count). The van der Waals surface area contributed by atoms with Gasteiger partial charge in [0.1, 0.15) is 5.60 Å². The number of rotatable bonds is 3. The summed E-state index contributed by atoms with van der Waals surface area (Å²) in [6, 6.07) is 0.00912. The molecule has 0 bridgehead atoms. The first kappa shape index (κ1) is 10.5. The van der Waals surface area contributed by atoms with Crippen molar-refractivity contribution in [2.45, 2.75) is 51.7 Å². The second-order valence-corrected chi connectivity index (χ2v) is 4.79. The van der Waals surface area contributed by atoms with Crippen molar-refractivity contribution in [1.82, 2.24) is 0 Å². The molecular formula is C10H19NO2. The van der Waals surface area contributed by atoms with Gasteiger partial charge in [0.15, 0.2) is 0 Å². The van der Waals surface area contributed by atoms with Gasteiger partial charge in [-0.1, -0.05) is 0 Å². The van der Waals surface area contributed by atoms with Crippen LogP contribution in [-0.4, -0.2) is 17.6 Å². The lowest BCUT2D eigenvalue weighted by atomic mass is 10.1. The van der Waals surface area contributed by atoms with E-state index >= 15 is 0 Å². The third-order valence-corrected chi connectivity index (χ3v) is 2.05. The fourth-order valence-corrected chi connectivity index (χ4v) is 1.27. The minimum atomic E-state index is -0.389. The molecular weight excluding hydrogens is 166 g/mol. The molecule has 3 nitrogen and oxygen atoms in total. The van der Waals surface area contributed by atoms with Crippen molar-refractivity contribution in [2.75, 3.05) is 0 Å². The first-order valence-electron chi connectivity index (χ1n) is 4.86. The van der Waals surface area contributed by atoms with Crippen LogP contribution in [0.3, 0.4) is 0 Å². The van der Waals surface area contributed by atoms with Crippen LogP contribution in [0.25, 0.3) is 0 Å². The molecule has 2 N–H and O–H groups in total. The summed E-state index contributed by atoms with van der Waals surface area (Å²) in [6.45, 7) is 5.61. The van der Waals surface area contributed by atoms with Gasteiger partial charge in [-0.3, -0.25) is 4.79 Å². The molecule has 76 valence electrons. The van der Waals surface area contributed by atoms with E-state index in [0.29, 0.717) is 12.3 Å². The van der Waals surface area contributed by atoms with Crippen molar-refractivity contribution in [3.63, 3.8) is 0 Å². The number of hydrogen-bond donors (Lipinski definition) is 1. The zero-order chi connectivity index (χ0) is 10.1. The van der Waals surface area contributed by atoms with E-state index in [2.05, 4.69) is 0 Å². The highest BCUT2D eigenvalue weighted by molar-refractivity contribution is 5.70. The van der Waals surface area contributed by atoms with E-state index in [0.717, 1.165) is 0 Å².